The van der Waals surface area contributed by atoms with E-state index in [1.807, 2.05) is 48.4 Å². The molecule has 0 saturated carbocycles. The highest BCUT2D eigenvalue weighted by Crippen LogP contribution is 2.34. The third-order valence-corrected chi connectivity index (χ3v) is 6.84. The fourth-order valence-corrected chi connectivity index (χ4v) is 4.98. The Bertz CT molecular complexity index is 1100. The van der Waals surface area contributed by atoms with Gasteiger partial charge in [0.15, 0.2) is 0 Å². The Morgan fingerprint density at radius 3 is 2.55 bits per heavy atom. The van der Waals surface area contributed by atoms with Gasteiger partial charge in [0.05, 0.1) is 6.04 Å². The van der Waals surface area contributed by atoms with E-state index in [0.29, 0.717) is 17.9 Å². The number of carbonyl (C=O) groups excluding carboxylic acids is 2. The zero-order valence-electron chi connectivity index (χ0n) is 18.7. The average molecular weight is 467 g/mol. The summed E-state index contributed by atoms with van der Waals surface area (Å²) in [7, 11) is 0. The lowest BCUT2D eigenvalue weighted by atomic mass is 10.00. The van der Waals surface area contributed by atoms with Crippen LogP contribution in [-0.4, -0.2) is 47.4 Å². The first-order valence-electron chi connectivity index (χ1n) is 11.0. The molecular weight excluding hydrogens is 439 g/mol. The van der Waals surface area contributed by atoms with Gasteiger partial charge in [0, 0.05) is 23.0 Å². The Balaban J connectivity index is 1.52. The first-order chi connectivity index (χ1) is 15.9. The van der Waals surface area contributed by atoms with E-state index >= 15 is 0 Å². The summed E-state index contributed by atoms with van der Waals surface area (Å²) in [6, 6.07) is 16.5. The molecule has 0 N–H and O–H groups in total. The number of benzene rings is 2. The number of thiophene rings is 1. The molecule has 0 radical (unpaired) electrons. The molecule has 7 heteroatoms. The number of hydrogen-bond donors (Lipinski definition) is 0. The molecule has 4 rings (SSSR count). The van der Waals surface area contributed by atoms with Crippen molar-refractivity contribution in [3.63, 3.8) is 0 Å². The quantitative estimate of drug-likeness (QED) is 0.495. The second kappa shape index (κ2) is 10.2. The molecule has 2 heterocycles. The molecule has 0 spiro atoms. The number of carbonyl (C=O) groups is 2. The van der Waals surface area contributed by atoms with Gasteiger partial charge in [-0.1, -0.05) is 18.2 Å². The Labute approximate surface area is 197 Å². The maximum absolute atomic E-state index is 13.5. The molecule has 1 aliphatic heterocycles. The van der Waals surface area contributed by atoms with Crippen LogP contribution in [0.4, 0.5) is 4.39 Å². The van der Waals surface area contributed by atoms with E-state index in [9.17, 15) is 14.0 Å². The van der Waals surface area contributed by atoms with E-state index in [2.05, 4.69) is 0 Å². The van der Waals surface area contributed by atoms with E-state index in [-0.39, 0.29) is 42.9 Å². The third kappa shape index (κ3) is 5.25. The maximum Gasteiger partial charge on any atom is 0.254 e. The number of rotatable bonds is 7. The minimum atomic E-state index is -0.325. The normalized spacial score (nSPS) is 15.3. The minimum absolute atomic E-state index is 0.00207. The van der Waals surface area contributed by atoms with Crippen molar-refractivity contribution >= 4 is 23.2 Å². The van der Waals surface area contributed by atoms with Crippen LogP contribution in [0.3, 0.4) is 0 Å². The molecule has 5 nitrogen and oxygen atoms in total. The van der Waals surface area contributed by atoms with Crippen LogP contribution in [0, 0.1) is 5.82 Å². The molecule has 1 atom stereocenters. The van der Waals surface area contributed by atoms with Gasteiger partial charge in [-0.3, -0.25) is 9.59 Å². The predicted octanol–water partition coefficient (Wildman–Crippen LogP) is 4.94. The molecule has 2 amide bonds. The standard InChI is InChI=1S/C26H27FN2O3S/c1-18(2)29(26(31)19-6-4-3-5-7-19)16-25(30)28-14-12-24-22(13-15-33-24)23(28)17-32-21-10-8-20(27)9-11-21/h3-11,13,15,18,23H,12,14,16-17H2,1-2H3. The van der Waals surface area contributed by atoms with Crippen LogP contribution in [0.15, 0.2) is 66.0 Å². The molecule has 33 heavy (non-hydrogen) atoms. The van der Waals surface area contributed by atoms with Crippen molar-refractivity contribution < 1.29 is 18.7 Å². The molecule has 2 aromatic carbocycles. The lowest BCUT2D eigenvalue weighted by molar-refractivity contribution is -0.136. The number of halogens is 1. The molecule has 172 valence electrons. The predicted molar refractivity (Wildman–Crippen MR) is 127 cm³/mol. The topological polar surface area (TPSA) is 49.9 Å². The van der Waals surface area contributed by atoms with Crippen molar-refractivity contribution in [1.82, 2.24) is 9.80 Å². The van der Waals surface area contributed by atoms with Gasteiger partial charge in [0.25, 0.3) is 5.91 Å². The smallest absolute Gasteiger partial charge is 0.254 e. The highest BCUT2D eigenvalue weighted by atomic mass is 32.1. The van der Waals surface area contributed by atoms with Crippen LogP contribution < -0.4 is 4.74 Å². The lowest BCUT2D eigenvalue weighted by Crippen LogP contribution is -2.49. The molecule has 1 unspecified atom stereocenters. The molecule has 0 aliphatic carbocycles. The largest absolute Gasteiger partial charge is 0.491 e. The Morgan fingerprint density at radius 1 is 1.12 bits per heavy atom. The fraction of sp³-hybridized carbons (Fsp3) is 0.308. The number of amides is 2. The molecular formula is C26H27FN2O3S. The summed E-state index contributed by atoms with van der Waals surface area (Å²) in [5, 5.41) is 2.03. The van der Waals surface area contributed by atoms with Gasteiger partial charge in [-0.15, -0.1) is 11.3 Å². The van der Waals surface area contributed by atoms with E-state index in [1.54, 1.807) is 40.5 Å². The van der Waals surface area contributed by atoms with Gasteiger partial charge < -0.3 is 14.5 Å². The number of hydrogen-bond acceptors (Lipinski definition) is 4. The second-order valence-corrected chi connectivity index (χ2v) is 9.31. The van der Waals surface area contributed by atoms with Crippen LogP contribution >= 0.6 is 11.3 Å². The van der Waals surface area contributed by atoms with E-state index < -0.39 is 0 Å². The van der Waals surface area contributed by atoms with Crippen molar-refractivity contribution in [2.75, 3.05) is 19.7 Å². The summed E-state index contributed by atoms with van der Waals surface area (Å²) in [6.07, 6.45) is 0.778. The minimum Gasteiger partial charge on any atom is -0.491 e. The van der Waals surface area contributed by atoms with Gasteiger partial charge >= 0.3 is 0 Å². The summed E-state index contributed by atoms with van der Waals surface area (Å²) in [6.45, 7) is 4.65. The Morgan fingerprint density at radius 2 is 1.85 bits per heavy atom. The fourth-order valence-electron chi connectivity index (χ4n) is 4.05. The summed E-state index contributed by atoms with van der Waals surface area (Å²) in [4.78, 5) is 31.2. The van der Waals surface area contributed by atoms with Gasteiger partial charge in [-0.25, -0.2) is 4.39 Å². The summed E-state index contributed by atoms with van der Waals surface area (Å²) < 4.78 is 19.2. The zero-order valence-corrected chi connectivity index (χ0v) is 19.6. The van der Waals surface area contributed by atoms with Crippen LogP contribution in [0.1, 0.15) is 40.7 Å². The summed E-state index contributed by atoms with van der Waals surface area (Å²) in [5.74, 6) is -0.0492. The number of ether oxygens (including phenoxy) is 1. The SMILES string of the molecule is CC(C)N(CC(=O)N1CCc2sccc2C1COc1ccc(F)cc1)C(=O)c1ccccc1. The van der Waals surface area contributed by atoms with Crippen LogP contribution in [0.2, 0.25) is 0 Å². The first-order valence-corrected chi connectivity index (χ1v) is 11.9. The van der Waals surface area contributed by atoms with E-state index in [4.69, 9.17) is 4.74 Å². The van der Waals surface area contributed by atoms with Gasteiger partial charge in [0.1, 0.15) is 24.7 Å². The first kappa shape index (κ1) is 23.0. The van der Waals surface area contributed by atoms with Crippen molar-refractivity contribution in [3.8, 4) is 5.75 Å². The van der Waals surface area contributed by atoms with Crippen molar-refractivity contribution in [2.45, 2.75) is 32.4 Å². The van der Waals surface area contributed by atoms with Gasteiger partial charge in [0.2, 0.25) is 5.91 Å². The van der Waals surface area contributed by atoms with Crippen molar-refractivity contribution in [2.24, 2.45) is 0 Å². The average Bonchev–Trinajstić information content (AvgIpc) is 3.31. The summed E-state index contributed by atoms with van der Waals surface area (Å²) >= 11 is 1.68. The van der Waals surface area contributed by atoms with E-state index in [1.165, 1.54) is 17.0 Å². The van der Waals surface area contributed by atoms with Crippen LogP contribution in [-0.2, 0) is 11.2 Å². The van der Waals surface area contributed by atoms with Gasteiger partial charge in [-0.2, -0.15) is 0 Å². The lowest BCUT2D eigenvalue weighted by Gasteiger charge is -2.37. The Hall–Kier alpha value is -3.19. The second-order valence-electron chi connectivity index (χ2n) is 8.31. The monoisotopic (exact) mass is 466 g/mol. The maximum atomic E-state index is 13.5. The zero-order chi connectivity index (χ0) is 23.4. The molecule has 0 fully saturated rings. The molecule has 3 aromatic rings. The highest BCUT2D eigenvalue weighted by Gasteiger charge is 2.34. The number of nitrogens with zero attached hydrogens (tertiary/aromatic N) is 2. The van der Waals surface area contributed by atoms with Gasteiger partial charge in [-0.05, 0) is 73.7 Å². The molecule has 0 saturated heterocycles. The van der Waals surface area contributed by atoms with Crippen molar-refractivity contribution in [3.05, 3.63) is 87.9 Å². The third-order valence-electron chi connectivity index (χ3n) is 5.85. The van der Waals surface area contributed by atoms with Crippen molar-refractivity contribution in [1.29, 1.82) is 0 Å². The highest BCUT2D eigenvalue weighted by molar-refractivity contribution is 7.10. The summed E-state index contributed by atoms with van der Waals surface area (Å²) in [5.41, 5.74) is 1.64. The van der Waals surface area contributed by atoms with Crippen LogP contribution in [0.5, 0.6) is 5.75 Å². The van der Waals surface area contributed by atoms with Crippen LogP contribution in [0.25, 0.3) is 0 Å². The molecule has 1 aromatic heterocycles. The molecule has 0 bridgehead atoms. The Kier molecular flexibility index (Phi) is 7.08. The number of fused-ring (bicyclic) bond motifs is 1. The molecule has 1 aliphatic rings. The van der Waals surface area contributed by atoms with E-state index in [0.717, 1.165) is 12.0 Å².